The smallest absolute Gasteiger partial charge is 0.00709 e. The summed E-state index contributed by atoms with van der Waals surface area (Å²) in [7, 11) is 0. The lowest BCUT2D eigenvalue weighted by molar-refractivity contribution is 0.582. The predicted octanol–water partition coefficient (Wildman–Crippen LogP) is 5.45. The first-order valence-electron chi connectivity index (χ1n) is 9.15. The van der Waals surface area contributed by atoms with E-state index in [1.54, 1.807) is 0 Å². The molecule has 2 rings (SSSR count). The Bertz CT molecular complexity index is 381. The van der Waals surface area contributed by atoms with Crippen molar-refractivity contribution in [3.8, 4) is 0 Å². The predicted molar refractivity (Wildman–Crippen MR) is 93.0 cm³/mol. The van der Waals surface area contributed by atoms with Crippen LogP contribution in [0.25, 0.3) is 0 Å². The molecule has 1 aromatic rings. The molecule has 1 heteroatoms. The van der Waals surface area contributed by atoms with Gasteiger partial charge in [0.25, 0.3) is 0 Å². The molecule has 1 saturated heterocycles. The zero-order valence-electron chi connectivity index (χ0n) is 14.0. The van der Waals surface area contributed by atoms with Crippen molar-refractivity contribution in [1.82, 2.24) is 5.32 Å². The number of aryl methyl sites for hydroxylation is 1. The highest BCUT2D eigenvalue weighted by atomic mass is 14.9. The van der Waals surface area contributed by atoms with Crippen LogP contribution in [0.15, 0.2) is 24.3 Å². The van der Waals surface area contributed by atoms with E-state index in [1.807, 2.05) is 0 Å². The molecule has 1 heterocycles. The molecule has 0 aromatic heterocycles. The van der Waals surface area contributed by atoms with E-state index < -0.39 is 0 Å². The summed E-state index contributed by atoms with van der Waals surface area (Å²) in [5.41, 5.74) is 3.05. The van der Waals surface area contributed by atoms with E-state index >= 15 is 0 Å². The Balaban J connectivity index is 1.70. The molecule has 21 heavy (non-hydrogen) atoms. The Kier molecular flexibility index (Phi) is 7.29. The van der Waals surface area contributed by atoms with Crippen LogP contribution in [0.4, 0.5) is 0 Å². The van der Waals surface area contributed by atoms with Crippen molar-refractivity contribution in [2.24, 2.45) is 0 Å². The minimum Gasteiger partial charge on any atom is -0.313 e. The fourth-order valence-electron chi connectivity index (χ4n) is 3.45. The highest BCUT2D eigenvalue weighted by molar-refractivity contribution is 5.26. The Morgan fingerprint density at radius 1 is 0.952 bits per heavy atom. The summed E-state index contributed by atoms with van der Waals surface area (Å²) in [6, 6.07) is 10.2. The Morgan fingerprint density at radius 3 is 2.33 bits per heavy atom. The molecule has 0 saturated carbocycles. The van der Waals surface area contributed by atoms with Crippen LogP contribution in [-0.4, -0.2) is 12.6 Å². The second-order valence-electron chi connectivity index (χ2n) is 6.71. The highest BCUT2D eigenvalue weighted by Crippen LogP contribution is 2.27. The quantitative estimate of drug-likeness (QED) is 0.596. The van der Waals surface area contributed by atoms with Gasteiger partial charge in [-0.1, -0.05) is 70.2 Å². The summed E-state index contributed by atoms with van der Waals surface area (Å²) in [6.45, 7) is 5.73. The van der Waals surface area contributed by atoms with Gasteiger partial charge in [-0.25, -0.2) is 0 Å². The molecule has 2 atom stereocenters. The van der Waals surface area contributed by atoms with Crippen molar-refractivity contribution in [3.05, 3.63) is 35.4 Å². The van der Waals surface area contributed by atoms with Gasteiger partial charge in [-0.05, 0) is 42.7 Å². The van der Waals surface area contributed by atoms with Gasteiger partial charge in [-0.2, -0.15) is 0 Å². The first-order valence-corrected chi connectivity index (χ1v) is 9.15. The molecule has 1 aromatic carbocycles. The molecule has 0 aliphatic carbocycles. The number of hydrogen-bond acceptors (Lipinski definition) is 1. The van der Waals surface area contributed by atoms with E-state index in [1.165, 1.54) is 68.9 Å². The SMILES string of the molecule is CCCCCCCCc1ccc([C@H]2CN[C@@H](CC)C2)cc1. The molecule has 118 valence electrons. The Morgan fingerprint density at radius 2 is 1.67 bits per heavy atom. The maximum Gasteiger partial charge on any atom is 0.00709 e. The van der Waals surface area contributed by atoms with Crippen LogP contribution in [0.2, 0.25) is 0 Å². The van der Waals surface area contributed by atoms with Gasteiger partial charge in [0.1, 0.15) is 0 Å². The maximum absolute atomic E-state index is 3.63. The lowest BCUT2D eigenvalue weighted by atomic mass is 9.94. The van der Waals surface area contributed by atoms with Gasteiger partial charge in [0, 0.05) is 12.6 Å². The summed E-state index contributed by atoms with van der Waals surface area (Å²) < 4.78 is 0. The van der Waals surface area contributed by atoms with E-state index in [-0.39, 0.29) is 0 Å². The average Bonchev–Trinajstić information content (AvgIpc) is 3.00. The zero-order valence-corrected chi connectivity index (χ0v) is 14.0. The molecular weight excluding hydrogens is 254 g/mol. The molecule has 1 fully saturated rings. The van der Waals surface area contributed by atoms with Crippen LogP contribution in [0.3, 0.4) is 0 Å². The summed E-state index contributed by atoms with van der Waals surface area (Å²) in [6.07, 6.45) is 12.2. The first kappa shape index (κ1) is 16.5. The largest absolute Gasteiger partial charge is 0.313 e. The number of benzene rings is 1. The van der Waals surface area contributed by atoms with Crippen LogP contribution in [-0.2, 0) is 6.42 Å². The summed E-state index contributed by atoms with van der Waals surface area (Å²) >= 11 is 0. The third-order valence-corrected chi connectivity index (χ3v) is 4.98. The van der Waals surface area contributed by atoms with Gasteiger partial charge in [0.2, 0.25) is 0 Å². The fraction of sp³-hybridized carbons (Fsp3) is 0.700. The topological polar surface area (TPSA) is 12.0 Å². The van der Waals surface area contributed by atoms with Crippen molar-refractivity contribution in [2.45, 2.75) is 83.6 Å². The second kappa shape index (κ2) is 9.25. The summed E-state index contributed by atoms with van der Waals surface area (Å²) in [5.74, 6) is 0.734. The average molecular weight is 287 g/mol. The highest BCUT2D eigenvalue weighted by Gasteiger charge is 2.23. The van der Waals surface area contributed by atoms with Crippen LogP contribution in [0, 0.1) is 0 Å². The lowest BCUT2D eigenvalue weighted by Crippen LogP contribution is -2.19. The number of hydrogen-bond donors (Lipinski definition) is 1. The molecule has 1 N–H and O–H groups in total. The van der Waals surface area contributed by atoms with Crippen molar-refractivity contribution < 1.29 is 0 Å². The molecule has 0 radical (unpaired) electrons. The molecule has 1 nitrogen and oxygen atoms in total. The Hall–Kier alpha value is -0.820. The van der Waals surface area contributed by atoms with E-state index in [2.05, 4.69) is 43.4 Å². The number of nitrogens with one attached hydrogen (secondary N) is 1. The normalized spacial score (nSPS) is 21.8. The molecule has 0 amide bonds. The summed E-state index contributed by atoms with van der Waals surface area (Å²) in [5, 5.41) is 3.63. The zero-order chi connectivity index (χ0) is 14.9. The minimum atomic E-state index is 0.734. The van der Waals surface area contributed by atoms with E-state index in [0.717, 1.165) is 18.5 Å². The van der Waals surface area contributed by atoms with Gasteiger partial charge < -0.3 is 5.32 Å². The molecular formula is C20H33N. The number of unbranched alkanes of at least 4 members (excludes halogenated alkanes) is 5. The van der Waals surface area contributed by atoms with Gasteiger partial charge in [-0.3, -0.25) is 0 Å². The standard InChI is InChI=1S/C20H33N/c1-3-5-6-7-8-9-10-17-11-13-18(14-12-17)19-15-20(4-2)21-16-19/h11-14,19-21H,3-10,15-16H2,1-2H3/t19-,20+/m1/s1. The minimum absolute atomic E-state index is 0.734. The van der Waals surface area contributed by atoms with Gasteiger partial charge in [-0.15, -0.1) is 0 Å². The third kappa shape index (κ3) is 5.47. The summed E-state index contributed by atoms with van der Waals surface area (Å²) in [4.78, 5) is 0. The first-order chi connectivity index (χ1) is 10.3. The molecule has 0 bridgehead atoms. The van der Waals surface area contributed by atoms with Gasteiger partial charge in [0.05, 0.1) is 0 Å². The van der Waals surface area contributed by atoms with Crippen molar-refractivity contribution in [2.75, 3.05) is 6.54 Å². The lowest BCUT2D eigenvalue weighted by Gasteiger charge is -2.10. The molecule has 0 unspecified atom stereocenters. The fourth-order valence-corrected chi connectivity index (χ4v) is 3.45. The maximum atomic E-state index is 3.63. The van der Waals surface area contributed by atoms with Gasteiger partial charge in [0.15, 0.2) is 0 Å². The number of rotatable bonds is 9. The second-order valence-corrected chi connectivity index (χ2v) is 6.71. The van der Waals surface area contributed by atoms with Crippen LogP contribution >= 0.6 is 0 Å². The van der Waals surface area contributed by atoms with Crippen molar-refractivity contribution in [3.63, 3.8) is 0 Å². The Labute approximate surface area is 131 Å². The van der Waals surface area contributed by atoms with E-state index in [9.17, 15) is 0 Å². The monoisotopic (exact) mass is 287 g/mol. The molecule has 1 aliphatic rings. The van der Waals surface area contributed by atoms with Crippen LogP contribution in [0.1, 0.15) is 82.3 Å². The van der Waals surface area contributed by atoms with E-state index in [0.29, 0.717) is 0 Å². The van der Waals surface area contributed by atoms with Crippen LogP contribution in [0.5, 0.6) is 0 Å². The van der Waals surface area contributed by atoms with Crippen molar-refractivity contribution in [1.29, 1.82) is 0 Å². The third-order valence-electron chi connectivity index (χ3n) is 4.98. The van der Waals surface area contributed by atoms with Crippen molar-refractivity contribution >= 4 is 0 Å². The van der Waals surface area contributed by atoms with Crippen LogP contribution < -0.4 is 5.32 Å². The molecule has 0 spiro atoms. The van der Waals surface area contributed by atoms with Gasteiger partial charge >= 0.3 is 0 Å². The molecule has 1 aliphatic heterocycles. The van der Waals surface area contributed by atoms with E-state index in [4.69, 9.17) is 0 Å².